The van der Waals surface area contributed by atoms with Crippen LogP contribution in [0, 0.1) is 5.82 Å². The Hall–Kier alpha value is -2.26. The average Bonchev–Trinajstić information content (AvgIpc) is 2.83. The largest absolute Gasteiger partial charge is 0.478 e. The molecule has 0 spiro atoms. The zero-order valence-electron chi connectivity index (χ0n) is 10.4. The molecule has 0 amide bonds. The van der Waals surface area contributed by atoms with Crippen molar-refractivity contribution in [1.29, 1.82) is 0 Å². The SMILES string of the molecule is O=C(O)C=Cc1cnc(NS(=O)(=O)c2cccc(F)c2)s1. The van der Waals surface area contributed by atoms with Crippen LogP contribution < -0.4 is 4.72 Å². The molecule has 1 aromatic heterocycles. The maximum absolute atomic E-state index is 13.0. The van der Waals surface area contributed by atoms with Crippen LogP contribution in [0.3, 0.4) is 0 Å². The lowest BCUT2D eigenvalue weighted by Crippen LogP contribution is -2.12. The molecule has 0 radical (unpaired) electrons. The van der Waals surface area contributed by atoms with Crippen molar-refractivity contribution in [3.8, 4) is 0 Å². The number of nitrogens with zero attached hydrogens (tertiary/aromatic N) is 1. The van der Waals surface area contributed by atoms with Crippen molar-refractivity contribution in [1.82, 2.24) is 4.98 Å². The van der Waals surface area contributed by atoms with Crippen molar-refractivity contribution >= 4 is 38.5 Å². The Morgan fingerprint density at radius 2 is 2.19 bits per heavy atom. The molecule has 0 unspecified atom stereocenters. The number of benzene rings is 1. The fourth-order valence-electron chi connectivity index (χ4n) is 1.37. The van der Waals surface area contributed by atoms with Gasteiger partial charge in [0.1, 0.15) is 5.82 Å². The molecule has 0 aliphatic carbocycles. The Labute approximate surface area is 123 Å². The van der Waals surface area contributed by atoms with Crippen molar-refractivity contribution in [2.45, 2.75) is 4.90 Å². The second kappa shape index (κ2) is 6.02. The third-order valence-corrected chi connectivity index (χ3v) is 4.59. The summed E-state index contributed by atoms with van der Waals surface area (Å²) in [5.74, 6) is -1.78. The molecule has 0 saturated heterocycles. The Kier molecular flexibility index (Phi) is 4.34. The fourth-order valence-corrected chi connectivity index (χ4v) is 3.36. The molecule has 21 heavy (non-hydrogen) atoms. The van der Waals surface area contributed by atoms with E-state index in [0.717, 1.165) is 29.5 Å². The van der Waals surface area contributed by atoms with Crippen LogP contribution in [0.15, 0.2) is 41.4 Å². The number of hydrogen-bond donors (Lipinski definition) is 2. The molecule has 0 bridgehead atoms. The van der Waals surface area contributed by atoms with E-state index in [1.807, 2.05) is 0 Å². The van der Waals surface area contributed by atoms with Gasteiger partial charge in [0.25, 0.3) is 10.0 Å². The van der Waals surface area contributed by atoms with Crippen molar-refractivity contribution < 1.29 is 22.7 Å². The number of hydrogen-bond acceptors (Lipinski definition) is 5. The van der Waals surface area contributed by atoms with E-state index >= 15 is 0 Å². The maximum Gasteiger partial charge on any atom is 0.328 e. The monoisotopic (exact) mass is 328 g/mol. The zero-order valence-corrected chi connectivity index (χ0v) is 12.0. The molecule has 0 fully saturated rings. The van der Waals surface area contributed by atoms with E-state index in [1.165, 1.54) is 24.4 Å². The molecule has 2 rings (SSSR count). The van der Waals surface area contributed by atoms with E-state index in [0.29, 0.717) is 4.88 Å². The van der Waals surface area contributed by atoms with Gasteiger partial charge in [-0.3, -0.25) is 4.72 Å². The summed E-state index contributed by atoms with van der Waals surface area (Å²) in [5, 5.41) is 8.55. The minimum absolute atomic E-state index is 0.0595. The van der Waals surface area contributed by atoms with Crippen molar-refractivity contribution in [3.05, 3.63) is 47.2 Å². The van der Waals surface area contributed by atoms with Gasteiger partial charge in [0, 0.05) is 17.2 Å². The van der Waals surface area contributed by atoms with Crippen molar-refractivity contribution in [3.63, 3.8) is 0 Å². The standard InChI is InChI=1S/C12H9FN2O4S2/c13-8-2-1-3-10(6-8)21(18,19)15-12-14-7-9(20-12)4-5-11(16)17/h1-7H,(H,14,15)(H,16,17). The first kappa shape index (κ1) is 15.1. The summed E-state index contributed by atoms with van der Waals surface area (Å²) >= 11 is 0.955. The Balaban J connectivity index is 2.20. The van der Waals surface area contributed by atoms with Gasteiger partial charge >= 0.3 is 5.97 Å². The minimum atomic E-state index is -3.94. The van der Waals surface area contributed by atoms with Crippen LogP contribution in [0.1, 0.15) is 4.88 Å². The van der Waals surface area contributed by atoms with Gasteiger partial charge < -0.3 is 5.11 Å². The molecule has 2 N–H and O–H groups in total. The highest BCUT2D eigenvalue weighted by atomic mass is 32.2. The molecule has 1 aromatic carbocycles. The van der Waals surface area contributed by atoms with Crippen LogP contribution in [0.25, 0.3) is 6.08 Å². The van der Waals surface area contributed by atoms with E-state index in [2.05, 4.69) is 9.71 Å². The summed E-state index contributed by atoms with van der Waals surface area (Å²) in [4.78, 5) is 14.4. The summed E-state index contributed by atoms with van der Waals surface area (Å²) in [7, 11) is -3.94. The lowest BCUT2D eigenvalue weighted by Gasteiger charge is -2.04. The molecule has 2 aromatic rings. The average molecular weight is 328 g/mol. The third-order valence-electron chi connectivity index (χ3n) is 2.24. The van der Waals surface area contributed by atoms with Gasteiger partial charge in [0.05, 0.1) is 4.90 Å². The molecule has 110 valence electrons. The molecule has 0 atom stereocenters. The Morgan fingerprint density at radius 3 is 2.86 bits per heavy atom. The van der Waals surface area contributed by atoms with Gasteiger partial charge in [0.2, 0.25) is 0 Å². The highest BCUT2D eigenvalue weighted by Crippen LogP contribution is 2.22. The van der Waals surface area contributed by atoms with Crippen LogP contribution in [0.4, 0.5) is 9.52 Å². The van der Waals surface area contributed by atoms with Crippen molar-refractivity contribution in [2.24, 2.45) is 0 Å². The van der Waals surface area contributed by atoms with Crippen LogP contribution >= 0.6 is 11.3 Å². The van der Waals surface area contributed by atoms with E-state index in [-0.39, 0.29) is 10.0 Å². The van der Waals surface area contributed by atoms with Gasteiger partial charge in [-0.25, -0.2) is 22.6 Å². The first-order valence-electron chi connectivity index (χ1n) is 5.52. The minimum Gasteiger partial charge on any atom is -0.478 e. The molecule has 6 nitrogen and oxygen atoms in total. The molecule has 0 saturated carbocycles. The summed E-state index contributed by atoms with van der Waals surface area (Å²) in [6.45, 7) is 0. The second-order valence-electron chi connectivity index (χ2n) is 3.80. The second-order valence-corrected chi connectivity index (χ2v) is 6.55. The molecule has 0 aliphatic rings. The molecule has 1 heterocycles. The number of nitrogens with one attached hydrogen (secondary N) is 1. The smallest absolute Gasteiger partial charge is 0.328 e. The number of rotatable bonds is 5. The predicted octanol–water partition coefficient (Wildman–Crippen LogP) is 2.18. The van der Waals surface area contributed by atoms with Gasteiger partial charge in [-0.2, -0.15) is 0 Å². The normalized spacial score (nSPS) is 11.7. The summed E-state index contributed by atoms with van der Waals surface area (Å²) < 4.78 is 39.3. The first-order chi connectivity index (χ1) is 9.87. The van der Waals surface area contributed by atoms with Crippen LogP contribution in [-0.4, -0.2) is 24.5 Å². The van der Waals surface area contributed by atoms with Gasteiger partial charge in [-0.15, -0.1) is 0 Å². The first-order valence-corrected chi connectivity index (χ1v) is 7.82. The number of halogens is 1. The fraction of sp³-hybridized carbons (Fsp3) is 0. The van der Waals surface area contributed by atoms with Crippen LogP contribution in [-0.2, 0) is 14.8 Å². The number of thiazole rings is 1. The molecule has 0 aliphatic heterocycles. The van der Waals surface area contributed by atoms with E-state index < -0.39 is 21.8 Å². The van der Waals surface area contributed by atoms with Gasteiger partial charge in [-0.05, 0) is 24.3 Å². The Morgan fingerprint density at radius 1 is 1.43 bits per heavy atom. The predicted molar refractivity (Wildman–Crippen MR) is 76.0 cm³/mol. The maximum atomic E-state index is 13.0. The molecular formula is C12H9FN2O4S2. The number of carbonyl (C=O) groups is 1. The summed E-state index contributed by atoms with van der Waals surface area (Å²) in [6, 6.07) is 4.56. The third kappa shape index (κ3) is 4.10. The number of sulfonamides is 1. The molecular weight excluding hydrogens is 319 g/mol. The lowest BCUT2D eigenvalue weighted by atomic mass is 10.4. The van der Waals surface area contributed by atoms with E-state index in [9.17, 15) is 17.6 Å². The Bertz CT molecular complexity index is 799. The number of carboxylic acid groups (broad SMARTS) is 1. The number of aromatic nitrogens is 1. The topological polar surface area (TPSA) is 96.4 Å². The van der Waals surface area contributed by atoms with E-state index in [1.54, 1.807) is 0 Å². The van der Waals surface area contributed by atoms with Crippen LogP contribution in [0.5, 0.6) is 0 Å². The van der Waals surface area contributed by atoms with E-state index in [4.69, 9.17) is 5.11 Å². The van der Waals surface area contributed by atoms with Gasteiger partial charge in [-0.1, -0.05) is 17.4 Å². The number of anilines is 1. The van der Waals surface area contributed by atoms with Crippen LogP contribution in [0.2, 0.25) is 0 Å². The highest BCUT2D eigenvalue weighted by molar-refractivity contribution is 7.93. The van der Waals surface area contributed by atoms with Crippen molar-refractivity contribution in [2.75, 3.05) is 4.72 Å². The quantitative estimate of drug-likeness (QED) is 0.820. The van der Waals surface area contributed by atoms with Gasteiger partial charge in [0.15, 0.2) is 5.13 Å². The highest BCUT2D eigenvalue weighted by Gasteiger charge is 2.16. The number of aliphatic carboxylic acids is 1. The zero-order chi connectivity index (χ0) is 15.5. The molecule has 9 heteroatoms. The number of carboxylic acids is 1. The lowest BCUT2D eigenvalue weighted by molar-refractivity contribution is -0.131. The summed E-state index contributed by atoms with van der Waals surface area (Å²) in [5.41, 5.74) is 0. The summed E-state index contributed by atoms with van der Waals surface area (Å²) in [6.07, 6.45) is 3.53.